The highest BCUT2D eigenvalue weighted by Crippen LogP contribution is 2.07. The number of aromatic amines is 1. The van der Waals surface area contributed by atoms with Crippen molar-refractivity contribution in [1.82, 2.24) is 9.97 Å². The van der Waals surface area contributed by atoms with Gasteiger partial charge in [0, 0.05) is 17.5 Å². The molecule has 1 aromatic carbocycles. The van der Waals surface area contributed by atoms with Gasteiger partial charge in [0.05, 0.1) is 6.33 Å². The molecule has 0 atom stereocenters. The summed E-state index contributed by atoms with van der Waals surface area (Å²) < 4.78 is 0. The van der Waals surface area contributed by atoms with Gasteiger partial charge >= 0.3 is 0 Å². The van der Waals surface area contributed by atoms with E-state index in [0.29, 0.717) is 0 Å². The minimum absolute atomic E-state index is 0.733. The fourth-order valence-electron chi connectivity index (χ4n) is 1.52. The van der Waals surface area contributed by atoms with Crippen LogP contribution in [0.25, 0.3) is 0 Å². The van der Waals surface area contributed by atoms with E-state index in [1.165, 1.54) is 5.56 Å². The molecule has 2 rings (SSSR count). The Morgan fingerprint density at radius 3 is 3.00 bits per heavy atom. The highest BCUT2D eigenvalue weighted by atomic mass is 16.1. The van der Waals surface area contributed by atoms with Crippen LogP contribution in [0, 0.1) is 0 Å². The number of hydrogen-bond acceptors (Lipinski definition) is 2. The molecule has 3 heteroatoms. The molecule has 2 aromatic rings. The number of nitrogens with one attached hydrogen (secondary N) is 1. The van der Waals surface area contributed by atoms with Crippen molar-refractivity contribution in [2.45, 2.75) is 12.8 Å². The normalized spacial score (nSPS) is 10.1. The molecule has 1 N–H and O–H groups in total. The van der Waals surface area contributed by atoms with Gasteiger partial charge in [-0.1, -0.05) is 18.2 Å². The van der Waals surface area contributed by atoms with E-state index < -0.39 is 0 Å². The molecular formula is C12H12N2O. The Labute approximate surface area is 88.2 Å². The van der Waals surface area contributed by atoms with Gasteiger partial charge in [-0.05, 0) is 24.5 Å². The van der Waals surface area contributed by atoms with Crippen molar-refractivity contribution in [2.24, 2.45) is 0 Å². The largest absolute Gasteiger partial charge is 0.348 e. The van der Waals surface area contributed by atoms with E-state index in [-0.39, 0.29) is 0 Å². The summed E-state index contributed by atoms with van der Waals surface area (Å²) in [6, 6.07) is 7.67. The van der Waals surface area contributed by atoms with Crippen LogP contribution in [-0.2, 0) is 12.8 Å². The molecule has 0 spiro atoms. The molecule has 0 radical (unpaired) electrons. The predicted octanol–water partition coefficient (Wildman–Crippen LogP) is 2.01. The molecule has 3 nitrogen and oxygen atoms in total. The predicted molar refractivity (Wildman–Crippen MR) is 57.8 cm³/mol. The Kier molecular flexibility index (Phi) is 2.93. The monoisotopic (exact) mass is 200 g/mol. The minimum Gasteiger partial charge on any atom is -0.348 e. The lowest BCUT2D eigenvalue weighted by Gasteiger charge is -2.00. The van der Waals surface area contributed by atoms with Crippen LogP contribution in [0.5, 0.6) is 0 Å². The zero-order valence-corrected chi connectivity index (χ0v) is 8.31. The van der Waals surface area contributed by atoms with Gasteiger partial charge in [-0.25, -0.2) is 4.98 Å². The van der Waals surface area contributed by atoms with E-state index >= 15 is 0 Å². The molecule has 0 saturated carbocycles. The van der Waals surface area contributed by atoms with Gasteiger partial charge in [-0.3, -0.25) is 4.79 Å². The van der Waals surface area contributed by atoms with Crippen molar-refractivity contribution in [2.75, 3.05) is 0 Å². The quantitative estimate of drug-likeness (QED) is 0.767. The fourth-order valence-corrected chi connectivity index (χ4v) is 1.52. The minimum atomic E-state index is 0.733. The number of aldehydes is 1. The summed E-state index contributed by atoms with van der Waals surface area (Å²) in [4.78, 5) is 17.6. The van der Waals surface area contributed by atoms with Gasteiger partial charge in [-0.2, -0.15) is 0 Å². The molecule has 0 fully saturated rings. The molecule has 1 aromatic heterocycles. The second-order valence-electron chi connectivity index (χ2n) is 3.44. The molecule has 0 aliphatic heterocycles. The summed E-state index contributed by atoms with van der Waals surface area (Å²) in [5, 5.41) is 0. The van der Waals surface area contributed by atoms with Crippen LogP contribution in [0.3, 0.4) is 0 Å². The number of aryl methyl sites for hydroxylation is 2. The van der Waals surface area contributed by atoms with Crippen LogP contribution >= 0.6 is 0 Å². The molecule has 0 amide bonds. The molecule has 0 aliphatic carbocycles. The first-order valence-electron chi connectivity index (χ1n) is 4.90. The summed E-state index contributed by atoms with van der Waals surface area (Å²) in [7, 11) is 0. The van der Waals surface area contributed by atoms with Crippen molar-refractivity contribution < 1.29 is 4.79 Å². The van der Waals surface area contributed by atoms with Gasteiger partial charge in [0.25, 0.3) is 0 Å². The van der Waals surface area contributed by atoms with E-state index in [4.69, 9.17) is 0 Å². The van der Waals surface area contributed by atoms with Gasteiger partial charge in [0.15, 0.2) is 0 Å². The highest BCUT2D eigenvalue weighted by molar-refractivity contribution is 5.74. The lowest BCUT2D eigenvalue weighted by molar-refractivity contribution is 0.112. The second-order valence-corrected chi connectivity index (χ2v) is 3.44. The number of imidazole rings is 1. The maximum absolute atomic E-state index is 10.6. The van der Waals surface area contributed by atoms with Crippen LogP contribution in [0.15, 0.2) is 36.8 Å². The number of H-pyrrole nitrogens is 1. The molecular weight excluding hydrogens is 188 g/mol. The van der Waals surface area contributed by atoms with E-state index in [9.17, 15) is 4.79 Å². The number of rotatable bonds is 4. The molecule has 0 unspecified atom stereocenters. The average Bonchev–Trinajstić information content (AvgIpc) is 2.79. The van der Waals surface area contributed by atoms with Crippen LogP contribution < -0.4 is 0 Å². The lowest BCUT2D eigenvalue weighted by atomic mass is 10.1. The number of aromatic nitrogens is 2. The van der Waals surface area contributed by atoms with Crippen molar-refractivity contribution in [3.8, 4) is 0 Å². The Morgan fingerprint density at radius 1 is 1.33 bits per heavy atom. The summed E-state index contributed by atoms with van der Waals surface area (Å²) in [5.41, 5.74) is 3.03. The van der Waals surface area contributed by atoms with Crippen LogP contribution in [0.4, 0.5) is 0 Å². The topological polar surface area (TPSA) is 45.8 Å². The van der Waals surface area contributed by atoms with E-state index in [2.05, 4.69) is 9.97 Å². The fraction of sp³-hybridized carbons (Fsp3) is 0.167. The van der Waals surface area contributed by atoms with E-state index in [1.807, 2.05) is 30.5 Å². The Hall–Kier alpha value is -1.90. The number of hydrogen-bond donors (Lipinski definition) is 1. The zero-order chi connectivity index (χ0) is 10.5. The number of nitrogens with zero attached hydrogens (tertiary/aromatic N) is 1. The van der Waals surface area contributed by atoms with Gasteiger partial charge in [-0.15, -0.1) is 0 Å². The molecule has 1 heterocycles. The third-order valence-corrected chi connectivity index (χ3v) is 2.32. The van der Waals surface area contributed by atoms with E-state index in [1.54, 1.807) is 6.33 Å². The second kappa shape index (κ2) is 4.55. The SMILES string of the molecule is O=Cc1cccc(CCc2cnc[nH]2)c1. The molecule has 0 aliphatic rings. The molecule has 0 saturated heterocycles. The number of carbonyl (C=O) groups excluding carboxylic acids is 1. The highest BCUT2D eigenvalue weighted by Gasteiger charge is 1.97. The Morgan fingerprint density at radius 2 is 2.27 bits per heavy atom. The molecule has 76 valence electrons. The molecule has 0 bridgehead atoms. The van der Waals surface area contributed by atoms with Crippen LogP contribution in [-0.4, -0.2) is 16.3 Å². The van der Waals surface area contributed by atoms with Crippen molar-refractivity contribution in [3.05, 3.63) is 53.6 Å². The third kappa shape index (κ3) is 2.53. The maximum Gasteiger partial charge on any atom is 0.150 e. The molecule has 15 heavy (non-hydrogen) atoms. The van der Waals surface area contributed by atoms with Gasteiger partial charge in [0.2, 0.25) is 0 Å². The van der Waals surface area contributed by atoms with Crippen molar-refractivity contribution >= 4 is 6.29 Å². The summed E-state index contributed by atoms with van der Waals surface area (Å²) in [6.45, 7) is 0. The Balaban J connectivity index is 2.01. The maximum atomic E-state index is 10.6. The smallest absolute Gasteiger partial charge is 0.150 e. The first-order chi connectivity index (χ1) is 7.38. The van der Waals surface area contributed by atoms with Gasteiger partial charge < -0.3 is 4.98 Å². The van der Waals surface area contributed by atoms with E-state index in [0.717, 1.165) is 30.4 Å². The van der Waals surface area contributed by atoms with Crippen LogP contribution in [0.1, 0.15) is 21.6 Å². The van der Waals surface area contributed by atoms with Crippen LogP contribution in [0.2, 0.25) is 0 Å². The number of carbonyl (C=O) groups is 1. The number of benzene rings is 1. The standard InChI is InChI=1S/C12H12N2O/c15-8-11-3-1-2-10(6-11)4-5-12-7-13-9-14-12/h1-3,6-9H,4-5H2,(H,13,14). The summed E-state index contributed by atoms with van der Waals surface area (Å²) >= 11 is 0. The average molecular weight is 200 g/mol. The third-order valence-electron chi connectivity index (χ3n) is 2.32. The first kappa shape index (κ1) is 9.65. The van der Waals surface area contributed by atoms with Crippen molar-refractivity contribution in [3.63, 3.8) is 0 Å². The zero-order valence-electron chi connectivity index (χ0n) is 8.31. The first-order valence-corrected chi connectivity index (χ1v) is 4.90. The Bertz CT molecular complexity index is 435. The lowest BCUT2D eigenvalue weighted by Crippen LogP contribution is -1.92. The van der Waals surface area contributed by atoms with Gasteiger partial charge in [0.1, 0.15) is 6.29 Å². The summed E-state index contributed by atoms with van der Waals surface area (Å²) in [6.07, 6.45) is 6.21. The van der Waals surface area contributed by atoms with Crippen molar-refractivity contribution in [1.29, 1.82) is 0 Å². The summed E-state index contributed by atoms with van der Waals surface area (Å²) in [5.74, 6) is 0.